The Morgan fingerprint density at radius 3 is 2.81 bits per heavy atom. The van der Waals surface area contributed by atoms with Crippen LogP contribution >= 0.6 is 11.6 Å². The molecule has 7 heteroatoms. The minimum atomic E-state index is -0.773. The Balaban J connectivity index is 2.46. The van der Waals surface area contributed by atoms with E-state index in [1.54, 1.807) is 0 Å². The maximum atomic E-state index is 13.5. The lowest BCUT2D eigenvalue weighted by atomic mass is 10.0. The Morgan fingerprint density at radius 2 is 2.24 bits per heavy atom. The third kappa shape index (κ3) is 3.11. The van der Waals surface area contributed by atoms with E-state index in [2.05, 4.69) is 0 Å². The zero-order chi connectivity index (χ0) is 15.6. The topological polar surface area (TPSA) is 72.4 Å². The first-order valence-corrected chi connectivity index (χ1v) is 7.47. The standard InChI is InChI=1S/C14H19ClFN3O2/c1-2-18(12-5-3-4-9(12)8-17)13-6-10(15)11(16)7-14(13)19(20)21/h6-7,9,12H,2-5,8,17H2,1H3. The molecule has 1 aromatic rings. The second-order valence-corrected chi connectivity index (χ2v) is 5.70. The molecule has 5 nitrogen and oxygen atoms in total. The van der Waals surface area contributed by atoms with Crippen LogP contribution in [0.4, 0.5) is 15.8 Å². The first-order valence-electron chi connectivity index (χ1n) is 7.09. The van der Waals surface area contributed by atoms with Crippen LogP contribution in [0.5, 0.6) is 0 Å². The van der Waals surface area contributed by atoms with E-state index in [1.807, 2.05) is 11.8 Å². The molecule has 1 aromatic carbocycles. The molecule has 0 aromatic heterocycles. The molecule has 0 heterocycles. The Bertz CT molecular complexity index is 541. The number of nitro benzene ring substituents is 1. The molecule has 0 saturated heterocycles. The van der Waals surface area contributed by atoms with E-state index >= 15 is 0 Å². The summed E-state index contributed by atoms with van der Waals surface area (Å²) in [6.07, 6.45) is 2.99. The van der Waals surface area contributed by atoms with E-state index < -0.39 is 10.7 Å². The molecule has 1 aliphatic rings. The lowest BCUT2D eigenvalue weighted by Gasteiger charge is -2.33. The molecule has 116 valence electrons. The van der Waals surface area contributed by atoms with E-state index in [0.717, 1.165) is 25.3 Å². The molecule has 1 aliphatic carbocycles. The molecular formula is C14H19ClFN3O2. The first-order chi connectivity index (χ1) is 9.99. The second kappa shape index (κ2) is 6.58. The van der Waals surface area contributed by atoms with Gasteiger partial charge < -0.3 is 10.6 Å². The summed E-state index contributed by atoms with van der Waals surface area (Å²) in [6, 6.07) is 2.39. The third-order valence-electron chi connectivity index (χ3n) is 4.19. The van der Waals surface area contributed by atoms with Crippen LogP contribution in [-0.4, -0.2) is 24.1 Å². The highest BCUT2D eigenvalue weighted by molar-refractivity contribution is 6.31. The maximum Gasteiger partial charge on any atom is 0.295 e. The predicted molar refractivity (Wildman–Crippen MR) is 81.3 cm³/mol. The van der Waals surface area contributed by atoms with Gasteiger partial charge in [0.2, 0.25) is 0 Å². The van der Waals surface area contributed by atoms with Gasteiger partial charge in [-0.25, -0.2) is 4.39 Å². The van der Waals surface area contributed by atoms with E-state index in [1.165, 1.54) is 6.07 Å². The fourth-order valence-corrected chi connectivity index (χ4v) is 3.35. The molecule has 2 rings (SSSR count). The Hall–Kier alpha value is -1.40. The van der Waals surface area contributed by atoms with Crippen molar-refractivity contribution in [2.24, 2.45) is 11.7 Å². The number of hydrogen-bond acceptors (Lipinski definition) is 4. The van der Waals surface area contributed by atoms with Gasteiger partial charge in [-0.3, -0.25) is 10.1 Å². The fourth-order valence-electron chi connectivity index (χ4n) is 3.19. The Kier molecular flexibility index (Phi) is 5.00. The van der Waals surface area contributed by atoms with Crippen molar-refractivity contribution >= 4 is 23.0 Å². The van der Waals surface area contributed by atoms with Crippen molar-refractivity contribution in [2.45, 2.75) is 32.2 Å². The van der Waals surface area contributed by atoms with E-state index in [0.29, 0.717) is 24.7 Å². The summed E-state index contributed by atoms with van der Waals surface area (Å²) in [6.45, 7) is 3.06. The lowest BCUT2D eigenvalue weighted by molar-refractivity contribution is -0.384. The molecule has 0 bridgehead atoms. The number of rotatable bonds is 5. The molecule has 1 fully saturated rings. The largest absolute Gasteiger partial charge is 0.363 e. The van der Waals surface area contributed by atoms with Gasteiger partial charge in [-0.15, -0.1) is 0 Å². The average molecular weight is 316 g/mol. The van der Waals surface area contributed by atoms with Gasteiger partial charge in [-0.1, -0.05) is 18.0 Å². The average Bonchev–Trinajstić information content (AvgIpc) is 2.91. The summed E-state index contributed by atoms with van der Waals surface area (Å²) >= 11 is 5.82. The fraction of sp³-hybridized carbons (Fsp3) is 0.571. The summed E-state index contributed by atoms with van der Waals surface area (Å²) in [5.74, 6) is -0.474. The Labute approximate surface area is 128 Å². The van der Waals surface area contributed by atoms with Crippen LogP contribution in [0.15, 0.2) is 12.1 Å². The normalized spacial score (nSPS) is 21.5. The molecule has 2 unspecified atom stereocenters. The molecule has 0 spiro atoms. The van der Waals surface area contributed by atoms with Gasteiger partial charge in [0.1, 0.15) is 11.5 Å². The number of nitrogens with zero attached hydrogens (tertiary/aromatic N) is 2. The minimum Gasteiger partial charge on any atom is -0.363 e. The highest BCUT2D eigenvalue weighted by Crippen LogP contribution is 2.38. The zero-order valence-corrected chi connectivity index (χ0v) is 12.6. The van der Waals surface area contributed by atoms with Gasteiger partial charge in [0.25, 0.3) is 5.69 Å². The van der Waals surface area contributed by atoms with Gasteiger partial charge in [0.15, 0.2) is 0 Å². The van der Waals surface area contributed by atoms with Crippen LogP contribution in [0.25, 0.3) is 0 Å². The summed E-state index contributed by atoms with van der Waals surface area (Å²) < 4.78 is 13.5. The number of benzene rings is 1. The molecule has 2 atom stereocenters. The van der Waals surface area contributed by atoms with Crippen molar-refractivity contribution in [2.75, 3.05) is 18.0 Å². The van der Waals surface area contributed by atoms with Gasteiger partial charge in [-0.05, 0) is 38.3 Å². The molecule has 2 N–H and O–H groups in total. The zero-order valence-electron chi connectivity index (χ0n) is 11.9. The highest BCUT2D eigenvalue weighted by atomic mass is 35.5. The quantitative estimate of drug-likeness (QED) is 0.668. The van der Waals surface area contributed by atoms with Crippen LogP contribution in [0.2, 0.25) is 5.02 Å². The van der Waals surface area contributed by atoms with Crippen LogP contribution < -0.4 is 10.6 Å². The van der Waals surface area contributed by atoms with Crippen LogP contribution in [-0.2, 0) is 0 Å². The monoisotopic (exact) mass is 315 g/mol. The smallest absolute Gasteiger partial charge is 0.295 e. The summed E-state index contributed by atoms with van der Waals surface area (Å²) in [5.41, 5.74) is 5.93. The first kappa shape index (κ1) is 16.0. The number of nitrogens with two attached hydrogens (primary N) is 1. The molecule has 21 heavy (non-hydrogen) atoms. The van der Waals surface area contributed by atoms with Crippen molar-refractivity contribution in [3.8, 4) is 0 Å². The predicted octanol–water partition coefficient (Wildman–Crippen LogP) is 3.34. The SMILES string of the molecule is CCN(c1cc(Cl)c(F)cc1[N+](=O)[O-])C1CCCC1CN. The van der Waals surface area contributed by atoms with E-state index in [4.69, 9.17) is 17.3 Å². The minimum absolute atomic E-state index is 0.101. The van der Waals surface area contributed by atoms with Crippen molar-refractivity contribution in [3.63, 3.8) is 0 Å². The number of halogens is 2. The van der Waals surface area contributed by atoms with Crippen molar-refractivity contribution in [1.29, 1.82) is 0 Å². The number of anilines is 1. The number of nitro groups is 1. The summed E-state index contributed by atoms with van der Waals surface area (Å²) in [5, 5.41) is 11.1. The van der Waals surface area contributed by atoms with Gasteiger partial charge in [0.05, 0.1) is 16.0 Å². The van der Waals surface area contributed by atoms with Crippen molar-refractivity contribution in [1.82, 2.24) is 0 Å². The molecule has 0 radical (unpaired) electrons. The van der Waals surface area contributed by atoms with Crippen molar-refractivity contribution < 1.29 is 9.31 Å². The van der Waals surface area contributed by atoms with Crippen LogP contribution in [0, 0.1) is 21.8 Å². The highest BCUT2D eigenvalue weighted by Gasteiger charge is 2.34. The van der Waals surface area contributed by atoms with E-state index in [-0.39, 0.29) is 16.8 Å². The molecule has 1 saturated carbocycles. The maximum absolute atomic E-state index is 13.5. The molecular weight excluding hydrogens is 297 g/mol. The van der Waals surface area contributed by atoms with Gasteiger partial charge in [-0.2, -0.15) is 0 Å². The summed E-state index contributed by atoms with van der Waals surface area (Å²) in [4.78, 5) is 12.6. The van der Waals surface area contributed by atoms with E-state index in [9.17, 15) is 14.5 Å². The lowest BCUT2D eigenvalue weighted by Crippen LogP contribution is -2.40. The molecule has 0 amide bonds. The molecule has 0 aliphatic heterocycles. The van der Waals surface area contributed by atoms with Gasteiger partial charge >= 0.3 is 0 Å². The number of hydrogen-bond donors (Lipinski definition) is 1. The second-order valence-electron chi connectivity index (χ2n) is 5.29. The third-order valence-corrected chi connectivity index (χ3v) is 4.48. The van der Waals surface area contributed by atoms with Crippen molar-refractivity contribution in [3.05, 3.63) is 33.1 Å². The van der Waals surface area contributed by atoms with Crippen LogP contribution in [0.1, 0.15) is 26.2 Å². The Morgan fingerprint density at radius 1 is 1.52 bits per heavy atom. The van der Waals surface area contributed by atoms with Crippen LogP contribution in [0.3, 0.4) is 0 Å². The summed E-state index contributed by atoms with van der Waals surface area (Å²) in [7, 11) is 0. The van der Waals surface area contributed by atoms with Gasteiger partial charge in [0, 0.05) is 12.6 Å².